The first kappa shape index (κ1) is 17.8. The van der Waals surface area contributed by atoms with Crippen molar-refractivity contribution in [1.29, 1.82) is 0 Å². The number of nitrogens with zero attached hydrogens (tertiary/aromatic N) is 2. The zero-order valence-electron chi connectivity index (χ0n) is 14.9. The fourth-order valence-electron chi connectivity index (χ4n) is 3.17. The number of H-pyrrole nitrogens is 1. The highest BCUT2D eigenvalue weighted by Crippen LogP contribution is 2.23. The summed E-state index contributed by atoms with van der Waals surface area (Å²) in [5, 5.41) is 0.752. The van der Waals surface area contributed by atoms with Crippen LogP contribution in [0.5, 0.6) is 0 Å². The van der Waals surface area contributed by atoms with Crippen molar-refractivity contribution in [3.8, 4) is 0 Å². The van der Waals surface area contributed by atoms with Crippen LogP contribution in [0.25, 0.3) is 10.9 Å². The number of aryl methyl sites for hydroxylation is 1. The minimum atomic E-state index is -0.937. The van der Waals surface area contributed by atoms with Gasteiger partial charge in [0.1, 0.15) is 0 Å². The lowest BCUT2D eigenvalue weighted by atomic mass is 10.0. The average molecular weight is 355 g/mol. The van der Waals surface area contributed by atoms with Gasteiger partial charge in [-0.05, 0) is 18.4 Å². The standard InChI is InChI=1S/C19H21N3O4/c1-3-5-9-21-17(24)18(25)22(19(21)26)11-15(23)14-10-20-16-12(4-2)7-6-8-13(14)16/h6-8,10,20H,3-5,9,11H2,1-2H3. The Balaban J connectivity index is 1.83. The lowest BCUT2D eigenvalue weighted by Gasteiger charge is -2.14. The molecule has 0 aliphatic carbocycles. The molecule has 3 rings (SSSR count). The van der Waals surface area contributed by atoms with Crippen LogP contribution in [-0.2, 0) is 16.0 Å². The first-order chi connectivity index (χ1) is 12.5. The fraction of sp³-hybridized carbons (Fsp3) is 0.368. The minimum Gasteiger partial charge on any atom is -0.360 e. The Kier molecular flexibility index (Phi) is 4.88. The maximum Gasteiger partial charge on any atom is 0.334 e. The van der Waals surface area contributed by atoms with Crippen LogP contribution in [0.1, 0.15) is 42.6 Å². The lowest BCUT2D eigenvalue weighted by molar-refractivity contribution is -0.143. The quantitative estimate of drug-likeness (QED) is 0.469. The molecule has 1 aromatic carbocycles. The molecule has 1 aliphatic heterocycles. The summed E-state index contributed by atoms with van der Waals surface area (Å²) in [4.78, 5) is 53.9. The summed E-state index contributed by atoms with van der Waals surface area (Å²) < 4.78 is 0. The van der Waals surface area contributed by atoms with Gasteiger partial charge in [0.2, 0.25) is 0 Å². The summed E-state index contributed by atoms with van der Waals surface area (Å²) in [6, 6.07) is 4.96. The summed E-state index contributed by atoms with van der Waals surface area (Å²) in [6.07, 6.45) is 3.82. The number of carbonyl (C=O) groups is 4. The molecule has 0 atom stereocenters. The van der Waals surface area contributed by atoms with E-state index in [4.69, 9.17) is 0 Å². The SMILES string of the molecule is CCCCN1C(=O)C(=O)N(CC(=O)c2c[nH]c3c(CC)cccc23)C1=O. The molecule has 1 aliphatic rings. The smallest absolute Gasteiger partial charge is 0.334 e. The predicted molar refractivity (Wildman–Crippen MR) is 95.7 cm³/mol. The largest absolute Gasteiger partial charge is 0.360 e. The Hall–Kier alpha value is -2.96. The van der Waals surface area contributed by atoms with Gasteiger partial charge in [-0.25, -0.2) is 9.69 Å². The number of urea groups is 1. The van der Waals surface area contributed by atoms with Gasteiger partial charge in [-0.2, -0.15) is 0 Å². The van der Waals surface area contributed by atoms with Crippen LogP contribution in [-0.4, -0.2) is 51.5 Å². The number of hydrogen-bond donors (Lipinski definition) is 1. The van der Waals surface area contributed by atoms with E-state index in [1.165, 1.54) is 0 Å². The zero-order valence-corrected chi connectivity index (χ0v) is 14.9. The molecule has 2 aromatic rings. The van der Waals surface area contributed by atoms with E-state index in [-0.39, 0.29) is 12.3 Å². The lowest BCUT2D eigenvalue weighted by Crippen LogP contribution is -2.37. The summed E-state index contributed by atoms with van der Waals surface area (Å²) in [6.45, 7) is 3.71. The number of hydrogen-bond acceptors (Lipinski definition) is 4. The van der Waals surface area contributed by atoms with E-state index in [9.17, 15) is 19.2 Å². The zero-order chi connectivity index (χ0) is 18.8. The molecule has 0 bridgehead atoms. The van der Waals surface area contributed by atoms with Gasteiger partial charge in [-0.1, -0.05) is 38.5 Å². The van der Waals surface area contributed by atoms with Gasteiger partial charge in [0, 0.05) is 29.2 Å². The number of imide groups is 2. The second-order valence-corrected chi connectivity index (χ2v) is 6.30. The molecule has 7 nitrogen and oxygen atoms in total. The maximum atomic E-state index is 12.7. The third kappa shape index (κ3) is 2.89. The van der Waals surface area contributed by atoms with Crippen molar-refractivity contribution in [2.45, 2.75) is 33.1 Å². The predicted octanol–water partition coefficient (Wildman–Crippen LogP) is 2.50. The molecule has 26 heavy (non-hydrogen) atoms. The first-order valence-electron chi connectivity index (χ1n) is 8.79. The van der Waals surface area contributed by atoms with Crippen LogP contribution in [0.2, 0.25) is 0 Å². The number of amides is 4. The van der Waals surface area contributed by atoms with Gasteiger partial charge in [0.05, 0.1) is 6.54 Å². The Morgan fingerprint density at radius 3 is 2.50 bits per heavy atom. The van der Waals surface area contributed by atoms with E-state index in [1.807, 2.05) is 32.0 Å². The minimum absolute atomic E-state index is 0.192. The Bertz CT molecular complexity index is 899. The van der Waals surface area contributed by atoms with Crippen molar-refractivity contribution in [1.82, 2.24) is 14.8 Å². The number of aromatic nitrogens is 1. The number of Topliss-reactive ketones (excluding diaryl/α,β-unsaturated/α-hetero) is 1. The molecule has 0 radical (unpaired) electrons. The molecule has 1 saturated heterocycles. The number of ketones is 1. The second kappa shape index (κ2) is 7.11. The fourth-order valence-corrected chi connectivity index (χ4v) is 3.17. The van der Waals surface area contributed by atoms with Gasteiger partial charge in [-0.15, -0.1) is 0 Å². The number of nitrogens with one attached hydrogen (secondary N) is 1. The molecule has 0 spiro atoms. The number of fused-ring (bicyclic) bond motifs is 1. The third-order valence-corrected chi connectivity index (χ3v) is 4.66. The van der Waals surface area contributed by atoms with Crippen LogP contribution >= 0.6 is 0 Å². The topological polar surface area (TPSA) is 90.6 Å². The van der Waals surface area contributed by atoms with Crippen LogP contribution in [0.4, 0.5) is 4.79 Å². The van der Waals surface area contributed by atoms with Crippen molar-refractivity contribution in [2.24, 2.45) is 0 Å². The summed E-state index contributed by atoms with van der Waals surface area (Å²) in [7, 11) is 0. The molecule has 0 unspecified atom stereocenters. The number of aromatic amines is 1. The van der Waals surface area contributed by atoms with E-state index in [2.05, 4.69) is 4.98 Å². The third-order valence-electron chi connectivity index (χ3n) is 4.66. The molecule has 1 fully saturated rings. The van der Waals surface area contributed by atoms with Crippen LogP contribution < -0.4 is 0 Å². The molecule has 1 aromatic heterocycles. The average Bonchev–Trinajstić information content (AvgIpc) is 3.16. The van der Waals surface area contributed by atoms with E-state index in [0.29, 0.717) is 12.0 Å². The second-order valence-electron chi connectivity index (χ2n) is 6.30. The summed E-state index contributed by atoms with van der Waals surface area (Å²) in [5.41, 5.74) is 2.37. The molecule has 2 heterocycles. The number of rotatable bonds is 7. The van der Waals surface area contributed by atoms with Gasteiger partial charge < -0.3 is 4.98 Å². The molecular weight excluding hydrogens is 334 g/mol. The maximum absolute atomic E-state index is 12.7. The van der Waals surface area contributed by atoms with Crippen LogP contribution in [0.15, 0.2) is 24.4 Å². The summed E-state index contributed by atoms with van der Waals surface area (Å²) in [5.74, 6) is -2.17. The number of para-hydroxylation sites is 1. The molecule has 7 heteroatoms. The Morgan fingerprint density at radius 1 is 1.08 bits per heavy atom. The highest BCUT2D eigenvalue weighted by Gasteiger charge is 2.44. The molecule has 136 valence electrons. The Morgan fingerprint density at radius 2 is 1.81 bits per heavy atom. The highest BCUT2D eigenvalue weighted by atomic mass is 16.2. The highest BCUT2D eigenvalue weighted by molar-refractivity contribution is 6.45. The molecule has 4 amide bonds. The van der Waals surface area contributed by atoms with Crippen molar-refractivity contribution in [2.75, 3.05) is 13.1 Å². The van der Waals surface area contributed by atoms with E-state index in [0.717, 1.165) is 39.1 Å². The van der Waals surface area contributed by atoms with Crippen molar-refractivity contribution in [3.05, 3.63) is 35.5 Å². The molecule has 1 N–H and O–H groups in total. The number of carbonyl (C=O) groups excluding carboxylic acids is 4. The normalized spacial score (nSPS) is 14.8. The molecular formula is C19H21N3O4. The van der Waals surface area contributed by atoms with Crippen LogP contribution in [0, 0.1) is 0 Å². The van der Waals surface area contributed by atoms with E-state index in [1.54, 1.807) is 6.20 Å². The van der Waals surface area contributed by atoms with Crippen molar-refractivity contribution in [3.63, 3.8) is 0 Å². The van der Waals surface area contributed by atoms with Gasteiger partial charge in [0.15, 0.2) is 5.78 Å². The van der Waals surface area contributed by atoms with E-state index < -0.39 is 24.4 Å². The number of unbranched alkanes of at least 4 members (excludes halogenated alkanes) is 1. The van der Waals surface area contributed by atoms with Gasteiger partial charge in [-0.3, -0.25) is 19.3 Å². The summed E-state index contributed by atoms with van der Waals surface area (Å²) >= 11 is 0. The monoisotopic (exact) mass is 355 g/mol. The van der Waals surface area contributed by atoms with Crippen molar-refractivity contribution >= 4 is 34.5 Å². The molecule has 0 saturated carbocycles. The van der Waals surface area contributed by atoms with Crippen molar-refractivity contribution < 1.29 is 19.2 Å². The Labute approximate surface area is 150 Å². The van der Waals surface area contributed by atoms with Gasteiger partial charge >= 0.3 is 17.8 Å². The van der Waals surface area contributed by atoms with Crippen LogP contribution in [0.3, 0.4) is 0 Å². The first-order valence-corrected chi connectivity index (χ1v) is 8.79. The van der Waals surface area contributed by atoms with E-state index >= 15 is 0 Å². The number of benzene rings is 1. The van der Waals surface area contributed by atoms with Gasteiger partial charge in [0.25, 0.3) is 0 Å².